The molecule has 1 aromatic heterocycles. The van der Waals surface area contributed by atoms with E-state index in [1.165, 1.54) is 18.1 Å². The number of anilines is 1. The molecule has 170 valence electrons. The molecule has 2 fully saturated rings. The SMILES string of the molecule is O=C(/C=C/c1ccc(N[C@@H]2CCCN(Cc3ccccc3)C2)nc1)NOC1CCCCO1. The van der Waals surface area contributed by atoms with Crippen molar-refractivity contribution in [1.82, 2.24) is 15.4 Å². The van der Waals surface area contributed by atoms with E-state index in [1.54, 1.807) is 12.3 Å². The minimum absolute atomic E-state index is 0.318. The first kappa shape index (κ1) is 22.5. The molecule has 32 heavy (non-hydrogen) atoms. The monoisotopic (exact) mass is 436 g/mol. The van der Waals surface area contributed by atoms with E-state index in [9.17, 15) is 4.79 Å². The lowest BCUT2D eigenvalue weighted by molar-refractivity contribution is -0.198. The first-order valence-corrected chi connectivity index (χ1v) is 11.5. The number of ether oxygens (including phenoxy) is 1. The molecule has 3 heterocycles. The van der Waals surface area contributed by atoms with Crippen molar-refractivity contribution >= 4 is 17.8 Å². The minimum atomic E-state index is -0.350. The highest BCUT2D eigenvalue weighted by atomic mass is 16.8. The van der Waals surface area contributed by atoms with Crippen LogP contribution in [0.4, 0.5) is 5.82 Å². The summed E-state index contributed by atoms with van der Waals surface area (Å²) in [5, 5.41) is 3.56. The van der Waals surface area contributed by atoms with Crippen molar-refractivity contribution < 1.29 is 14.4 Å². The summed E-state index contributed by atoms with van der Waals surface area (Å²) in [4.78, 5) is 24.2. The fraction of sp³-hybridized carbons (Fsp3) is 0.440. The number of hydroxylamine groups is 1. The van der Waals surface area contributed by atoms with Crippen LogP contribution in [0.2, 0.25) is 0 Å². The van der Waals surface area contributed by atoms with Crippen molar-refractivity contribution in [3.05, 3.63) is 65.9 Å². The molecule has 2 aliphatic heterocycles. The Morgan fingerprint density at radius 1 is 1.16 bits per heavy atom. The highest BCUT2D eigenvalue weighted by molar-refractivity contribution is 5.90. The third-order valence-corrected chi connectivity index (χ3v) is 5.75. The molecule has 7 nitrogen and oxygen atoms in total. The molecule has 0 spiro atoms. The van der Waals surface area contributed by atoms with E-state index in [4.69, 9.17) is 9.57 Å². The lowest BCUT2D eigenvalue weighted by atomic mass is 10.0. The van der Waals surface area contributed by atoms with Crippen LogP contribution >= 0.6 is 0 Å². The van der Waals surface area contributed by atoms with Crippen molar-refractivity contribution in [2.75, 3.05) is 25.0 Å². The number of carbonyl (C=O) groups is 1. The van der Waals surface area contributed by atoms with Gasteiger partial charge < -0.3 is 10.1 Å². The molecule has 2 atom stereocenters. The Balaban J connectivity index is 1.21. The lowest BCUT2D eigenvalue weighted by Gasteiger charge is -2.33. The van der Waals surface area contributed by atoms with Gasteiger partial charge in [-0.25, -0.2) is 15.3 Å². The second kappa shape index (κ2) is 11.8. The summed E-state index contributed by atoms with van der Waals surface area (Å²) in [6, 6.07) is 14.9. The van der Waals surface area contributed by atoms with Crippen molar-refractivity contribution in [1.29, 1.82) is 0 Å². The summed E-state index contributed by atoms with van der Waals surface area (Å²) in [7, 11) is 0. The van der Waals surface area contributed by atoms with Crippen LogP contribution in [0.15, 0.2) is 54.7 Å². The molecular weight excluding hydrogens is 404 g/mol. The van der Waals surface area contributed by atoms with Gasteiger partial charge in [0.05, 0.1) is 0 Å². The zero-order chi connectivity index (χ0) is 22.0. The van der Waals surface area contributed by atoms with E-state index in [2.05, 4.69) is 51.0 Å². The summed E-state index contributed by atoms with van der Waals surface area (Å²) in [6.07, 6.45) is 9.78. The number of likely N-dealkylation sites (tertiary alicyclic amines) is 1. The van der Waals surface area contributed by atoms with E-state index < -0.39 is 0 Å². The van der Waals surface area contributed by atoms with Crippen molar-refractivity contribution in [3.8, 4) is 0 Å². The van der Waals surface area contributed by atoms with Gasteiger partial charge in [-0.05, 0) is 61.6 Å². The molecule has 0 aliphatic carbocycles. The molecule has 0 saturated carbocycles. The predicted octanol–water partition coefficient (Wildman–Crippen LogP) is 3.75. The number of hydrogen-bond donors (Lipinski definition) is 2. The van der Waals surface area contributed by atoms with Crippen LogP contribution in [0.3, 0.4) is 0 Å². The Morgan fingerprint density at radius 3 is 2.84 bits per heavy atom. The number of aromatic nitrogens is 1. The van der Waals surface area contributed by atoms with E-state index in [0.29, 0.717) is 12.6 Å². The van der Waals surface area contributed by atoms with Crippen LogP contribution in [0.1, 0.15) is 43.2 Å². The smallest absolute Gasteiger partial charge is 0.267 e. The largest absolute Gasteiger partial charge is 0.366 e. The minimum Gasteiger partial charge on any atom is -0.366 e. The molecule has 0 bridgehead atoms. The molecular formula is C25H32N4O3. The molecule has 2 saturated heterocycles. The number of hydrogen-bond acceptors (Lipinski definition) is 6. The Bertz CT molecular complexity index is 867. The molecule has 2 aliphatic rings. The molecule has 7 heteroatoms. The van der Waals surface area contributed by atoms with Gasteiger partial charge in [-0.3, -0.25) is 9.69 Å². The van der Waals surface area contributed by atoms with Crippen LogP contribution in [0, 0.1) is 0 Å². The van der Waals surface area contributed by atoms with Crippen LogP contribution in [0.25, 0.3) is 6.08 Å². The Hall–Kier alpha value is -2.74. The zero-order valence-electron chi connectivity index (χ0n) is 18.4. The third kappa shape index (κ3) is 7.15. The topological polar surface area (TPSA) is 75.7 Å². The van der Waals surface area contributed by atoms with Gasteiger partial charge in [0.1, 0.15) is 5.82 Å². The molecule has 1 unspecified atom stereocenters. The highest BCUT2D eigenvalue weighted by Gasteiger charge is 2.20. The number of nitrogens with zero attached hydrogens (tertiary/aromatic N) is 2. The standard InChI is InChI=1S/C25H32N4O3/c30-24(28-32-25-10-4-5-16-31-25)14-12-20-11-13-23(26-17-20)27-22-9-6-15-29(19-22)18-21-7-2-1-3-8-21/h1-3,7-8,11-14,17,22,25H,4-6,9-10,15-16,18-19H2,(H,26,27)(H,28,30)/b14-12+/t22-,25?/m1/s1. The van der Waals surface area contributed by atoms with Gasteiger partial charge in [0.2, 0.25) is 0 Å². The van der Waals surface area contributed by atoms with Crippen molar-refractivity contribution in [2.24, 2.45) is 0 Å². The number of piperidine rings is 1. The summed E-state index contributed by atoms with van der Waals surface area (Å²) in [5.74, 6) is 0.540. The van der Waals surface area contributed by atoms with Crippen molar-refractivity contribution in [3.63, 3.8) is 0 Å². The second-order valence-electron chi connectivity index (χ2n) is 8.39. The number of benzene rings is 1. The molecule has 4 rings (SSSR count). The number of amides is 1. The number of rotatable bonds is 8. The van der Waals surface area contributed by atoms with Crippen LogP contribution in [-0.2, 0) is 20.9 Å². The first-order valence-electron chi connectivity index (χ1n) is 11.5. The van der Waals surface area contributed by atoms with E-state index in [0.717, 1.165) is 56.7 Å². The predicted molar refractivity (Wildman–Crippen MR) is 124 cm³/mol. The van der Waals surface area contributed by atoms with Crippen LogP contribution in [-0.4, -0.2) is 47.8 Å². The Morgan fingerprint density at radius 2 is 2.06 bits per heavy atom. The molecule has 1 amide bonds. The highest BCUT2D eigenvalue weighted by Crippen LogP contribution is 2.17. The normalized spacial score (nSPS) is 22.0. The quantitative estimate of drug-likeness (QED) is 0.485. The van der Waals surface area contributed by atoms with Crippen molar-refractivity contribution in [2.45, 2.75) is 51.0 Å². The van der Waals surface area contributed by atoms with E-state index in [-0.39, 0.29) is 12.2 Å². The number of nitrogens with one attached hydrogen (secondary N) is 2. The summed E-state index contributed by atoms with van der Waals surface area (Å²) >= 11 is 0. The Kier molecular flexibility index (Phi) is 8.25. The van der Waals surface area contributed by atoms with Crippen LogP contribution in [0.5, 0.6) is 0 Å². The fourth-order valence-corrected chi connectivity index (χ4v) is 4.09. The first-order chi connectivity index (χ1) is 15.7. The maximum atomic E-state index is 11.9. The Labute approximate surface area is 189 Å². The third-order valence-electron chi connectivity index (χ3n) is 5.75. The van der Waals surface area contributed by atoms with E-state index in [1.807, 2.05) is 12.1 Å². The molecule has 2 aromatic rings. The van der Waals surface area contributed by atoms with Gasteiger partial charge >= 0.3 is 0 Å². The summed E-state index contributed by atoms with van der Waals surface area (Å²) in [6.45, 7) is 3.79. The summed E-state index contributed by atoms with van der Waals surface area (Å²) < 4.78 is 5.42. The lowest BCUT2D eigenvalue weighted by Crippen LogP contribution is -2.41. The average molecular weight is 437 g/mol. The molecule has 0 radical (unpaired) electrons. The number of carbonyl (C=O) groups excluding carboxylic acids is 1. The maximum Gasteiger partial charge on any atom is 0.267 e. The van der Waals surface area contributed by atoms with Gasteiger partial charge in [-0.15, -0.1) is 0 Å². The molecule has 2 N–H and O–H groups in total. The van der Waals surface area contributed by atoms with E-state index >= 15 is 0 Å². The van der Waals surface area contributed by atoms with Gasteiger partial charge in [0, 0.05) is 44.4 Å². The second-order valence-corrected chi connectivity index (χ2v) is 8.39. The van der Waals surface area contributed by atoms with Gasteiger partial charge in [0.25, 0.3) is 5.91 Å². The summed E-state index contributed by atoms with van der Waals surface area (Å²) in [5.41, 5.74) is 4.63. The molecule has 1 aromatic carbocycles. The zero-order valence-corrected chi connectivity index (χ0v) is 18.4. The van der Waals surface area contributed by atoms with Gasteiger partial charge in [0.15, 0.2) is 6.29 Å². The number of pyridine rings is 1. The van der Waals surface area contributed by atoms with Gasteiger partial charge in [-0.2, -0.15) is 0 Å². The maximum absolute atomic E-state index is 11.9. The van der Waals surface area contributed by atoms with Gasteiger partial charge in [-0.1, -0.05) is 30.3 Å². The average Bonchev–Trinajstić information content (AvgIpc) is 2.84. The fourth-order valence-electron chi connectivity index (χ4n) is 4.09. The van der Waals surface area contributed by atoms with Crippen LogP contribution < -0.4 is 10.8 Å².